The lowest BCUT2D eigenvalue weighted by atomic mass is 9.88. The van der Waals surface area contributed by atoms with E-state index in [0.717, 1.165) is 11.4 Å². The summed E-state index contributed by atoms with van der Waals surface area (Å²) in [5, 5.41) is 0. The second-order valence-electron chi connectivity index (χ2n) is 3.47. The van der Waals surface area contributed by atoms with Gasteiger partial charge in [-0.3, -0.25) is 9.79 Å². The van der Waals surface area contributed by atoms with Gasteiger partial charge in [0.2, 0.25) is 0 Å². The van der Waals surface area contributed by atoms with E-state index < -0.39 is 0 Å². The number of nitrogens with zero attached hydrogens (tertiary/aromatic N) is 1. The normalized spacial score (nSPS) is 20.9. The van der Waals surface area contributed by atoms with E-state index in [2.05, 4.69) is 16.8 Å². The Hall–Kier alpha value is -2.14. The topological polar surface area (TPSA) is 29.4 Å². The number of aliphatic imine (C=N–C) groups is 1. The van der Waals surface area contributed by atoms with Gasteiger partial charge in [-0.15, -0.1) is 0 Å². The third-order valence-electron chi connectivity index (χ3n) is 2.54. The van der Waals surface area contributed by atoms with Gasteiger partial charge < -0.3 is 0 Å². The van der Waals surface area contributed by atoms with Gasteiger partial charge in [0.25, 0.3) is 0 Å². The third kappa shape index (κ3) is 1.14. The molecule has 1 aromatic carbocycles. The molecule has 0 saturated carbocycles. The average molecular weight is 193 g/mol. The summed E-state index contributed by atoms with van der Waals surface area (Å²) >= 11 is 0. The van der Waals surface area contributed by atoms with Gasteiger partial charge in [0.05, 0.1) is 11.4 Å². The standard InChI is InChI=1S/C13H7NO/c15-13-9-5-1-3-7-11(9)14-12-8-4-2-6-10(12)13/h1,3-5,7-8,10H. The predicted octanol–water partition coefficient (Wildman–Crippen LogP) is 2.14. The number of para-hydroxylation sites is 1. The molecule has 0 fully saturated rings. The molecule has 0 bridgehead atoms. The summed E-state index contributed by atoms with van der Waals surface area (Å²) < 4.78 is 0. The van der Waals surface area contributed by atoms with Crippen LogP contribution < -0.4 is 0 Å². The lowest BCUT2D eigenvalue weighted by Gasteiger charge is -2.18. The van der Waals surface area contributed by atoms with E-state index in [-0.39, 0.29) is 11.7 Å². The van der Waals surface area contributed by atoms with Crippen LogP contribution in [0.25, 0.3) is 0 Å². The Morgan fingerprint density at radius 3 is 3.07 bits per heavy atom. The number of fused-ring (bicyclic) bond motifs is 2. The zero-order valence-electron chi connectivity index (χ0n) is 7.90. The van der Waals surface area contributed by atoms with Crippen LogP contribution in [0.3, 0.4) is 0 Å². The van der Waals surface area contributed by atoms with Crippen LogP contribution in [0, 0.1) is 17.8 Å². The van der Waals surface area contributed by atoms with Crippen molar-refractivity contribution in [2.45, 2.75) is 0 Å². The van der Waals surface area contributed by atoms with E-state index in [1.807, 2.05) is 24.3 Å². The van der Waals surface area contributed by atoms with Gasteiger partial charge in [-0.2, -0.15) is 0 Å². The monoisotopic (exact) mass is 193 g/mol. The van der Waals surface area contributed by atoms with Gasteiger partial charge in [0, 0.05) is 5.56 Å². The lowest BCUT2D eigenvalue weighted by molar-refractivity contribution is 0.0975. The molecule has 2 nitrogen and oxygen atoms in total. The summed E-state index contributed by atoms with van der Waals surface area (Å²) in [7, 11) is 0. The van der Waals surface area contributed by atoms with Crippen molar-refractivity contribution in [3.63, 3.8) is 0 Å². The van der Waals surface area contributed by atoms with Crippen molar-refractivity contribution in [2.24, 2.45) is 10.9 Å². The Bertz CT molecular complexity index is 570. The average Bonchev–Trinajstić information content (AvgIpc) is 2.30. The zero-order chi connectivity index (χ0) is 10.3. The Kier molecular flexibility index (Phi) is 1.60. The Morgan fingerprint density at radius 2 is 2.13 bits per heavy atom. The Morgan fingerprint density at radius 1 is 1.27 bits per heavy atom. The molecule has 0 spiro atoms. The molecule has 0 saturated heterocycles. The number of benzene rings is 1. The van der Waals surface area contributed by atoms with Crippen LogP contribution in [0.15, 0.2) is 41.4 Å². The fourth-order valence-electron chi connectivity index (χ4n) is 1.80. The molecule has 0 amide bonds. The number of carbonyl (C=O) groups excluding carboxylic acids is 1. The molecule has 1 aliphatic heterocycles. The summed E-state index contributed by atoms with van der Waals surface area (Å²) in [4.78, 5) is 16.5. The summed E-state index contributed by atoms with van der Waals surface area (Å²) in [6.07, 6.45) is 3.55. The van der Waals surface area contributed by atoms with Gasteiger partial charge in [0.15, 0.2) is 5.78 Å². The molecule has 1 heterocycles. The first-order valence-corrected chi connectivity index (χ1v) is 4.76. The van der Waals surface area contributed by atoms with Crippen molar-refractivity contribution in [2.75, 3.05) is 0 Å². The number of hydrogen-bond acceptors (Lipinski definition) is 2. The molecule has 15 heavy (non-hydrogen) atoms. The molecular weight excluding hydrogens is 186 g/mol. The summed E-state index contributed by atoms with van der Waals surface area (Å²) in [5.74, 6) is 5.41. The molecule has 1 atom stereocenters. The van der Waals surface area contributed by atoms with E-state index in [0.29, 0.717) is 5.56 Å². The molecule has 2 aliphatic rings. The highest BCUT2D eigenvalue weighted by molar-refractivity contribution is 6.23. The van der Waals surface area contributed by atoms with Gasteiger partial charge >= 0.3 is 0 Å². The molecule has 1 aliphatic carbocycles. The number of rotatable bonds is 0. The number of hydrogen-bond donors (Lipinski definition) is 0. The van der Waals surface area contributed by atoms with Gasteiger partial charge in [-0.25, -0.2) is 0 Å². The minimum Gasteiger partial charge on any atom is -0.292 e. The SMILES string of the molecule is O=C1c2ccccc2N=C2C=CC#CC12. The van der Waals surface area contributed by atoms with E-state index in [1.165, 1.54) is 0 Å². The number of allylic oxidation sites excluding steroid dienone is 2. The highest BCUT2D eigenvalue weighted by Gasteiger charge is 2.29. The van der Waals surface area contributed by atoms with Crippen molar-refractivity contribution < 1.29 is 4.79 Å². The molecule has 2 heteroatoms. The van der Waals surface area contributed by atoms with Crippen molar-refractivity contribution >= 4 is 17.2 Å². The molecule has 1 aromatic rings. The predicted molar refractivity (Wildman–Crippen MR) is 58.3 cm³/mol. The fourth-order valence-corrected chi connectivity index (χ4v) is 1.80. The van der Waals surface area contributed by atoms with Gasteiger partial charge in [-0.05, 0) is 24.3 Å². The van der Waals surface area contributed by atoms with E-state index in [4.69, 9.17) is 0 Å². The number of ketones is 1. The van der Waals surface area contributed by atoms with Crippen LogP contribution in [0.5, 0.6) is 0 Å². The molecule has 3 rings (SSSR count). The molecule has 0 N–H and O–H groups in total. The van der Waals surface area contributed by atoms with Crippen LogP contribution in [0.1, 0.15) is 10.4 Å². The largest absolute Gasteiger partial charge is 0.292 e. The minimum absolute atomic E-state index is 0.0625. The fraction of sp³-hybridized carbons (Fsp3) is 0.0769. The first-order valence-electron chi connectivity index (χ1n) is 4.76. The van der Waals surface area contributed by atoms with Crippen molar-refractivity contribution in [1.82, 2.24) is 0 Å². The van der Waals surface area contributed by atoms with Crippen LogP contribution >= 0.6 is 0 Å². The zero-order valence-corrected chi connectivity index (χ0v) is 7.90. The molecular formula is C13H7NO. The van der Waals surface area contributed by atoms with E-state index in [9.17, 15) is 4.79 Å². The number of Topliss-reactive ketones (excluding diaryl/α,β-unsaturated/α-hetero) is 1. The first kappa shape index (κ1) is 8.19. The maximum atomic E-state index is 12.0. The minimum atomic E-state index is -0.357. The van der Waals surface area contributed by atoms with E-state index >= 15 is 0 Å². The maximum Gasteiger partial charge on any atom is 0.186 e. The van der Waals surface area contributed by atoms with Crippen LogP contribution in [0.4, 0.5) is 5.69 Å². The lowest BCUT2D eigenvalue weighted by Crippen LogP contribution is -2.25. The first-order chi connectivity index (χ1) is 7.36. The molecule has 1 unspecified atom stereocenters. The van der Waals surface area contributed by atoms with Gasteiger partial charge in [-0.1, -0.05) is 24.0 Å². The molecule has 70 valence electrons. The smallest absolute Gasteiger partial charge is 0.186 e. The van der Waals surface area contributed by atoms with Gasteiger partial charge in [0.1, 0.15) is 5.92 Å². The quantitative estimate of drug-likeness (QED) is 0.580. The summed E-state index contributed by atoms with van der Waals surface area (Å²) in [6, 6.07) is 7.39. The highest BCUT2D eigenvalue weighted by atomic mass is 16.1. The molecule has 0 radical (unpaired) electrons. The van der Waals surface area contributed by atoms with Crippen LogP contribution in [0.2, 0.25) is 0 Å². The van der Waals surface area contributed by atoms with Crippen molar-refractivity contribution in [3.8, 4) is 11.8 Å². The maximum absolute atomic E-state index is 12.0. The summed E-state index contributed by atoms with van der Waals surface area (Å²) in [6.45, 7) is 0. The Balaban J connectivity index is 2.25. The summed E-state index contributed by atoms with van der Waals surface area (Å²) in [5.41, 5.74) is 2.19. The van der Waals surface area contributed by atoms with E-state index in [1.54, 1.807) is 12.1 Å². The second kappa shape index (κ2) is 2.93. The Labute approximate surface area is 87.3 Å². The highest BCUT2D eigenvalue weighted by Crippen LogP contribution is 2.29. The molecule has 0 aromatic heterocycles. The second-order valence-corrected chi connectivity index (χ2v) is 3.47. The van der Waals surface area contributed by atoms with Crippen LogP contribution in [-0.4, -0.2) is 11.5 Å². The van der Waals surface area contributed by atoms with Crippen molar-refractivity contribution in [3.05, 3.63) is 42.0 Å². The van der Waals surface area contributed by atoms with Crippen molar-refractivity contribution in [1.29, 1.82) is 0 Å². The third-order valence-corrected chi connectivity index (χ3v) is 2.54. The number of carbonyl (C=O) groups is 1. The van der Waals surface area contributed by atoms with Crippen LogP contribution in [-0.2, 0) is 0 Å².